The summed E-state index contributed by atoms with van der Waals surface area (Å²) in [5, 5.41) is 12.0. The highest BCUT2D eigenvalue weighted by molar-refractivity contribution is 5.91. The first-order chi connectivity index (χ1) is 26.0. The van der Waals surface area contributed by atoms with E-state index < -0.39 is 0 Å². The molecule has 54 heavy (non-hydrogen) atoms. The normalized spacial score (nSPS) is 34.9. The molecule has 12 nitrogen and oxygen atoms in total. The maximum Gasteiger partial charge on any atom is 0.334 e. The highest BCUT2D eigenvalue weighted by atomic mass is 16.7. The third-order valence-corrected chi connectivity index (χ3v) is 12.5. The zero-order valence-electron chi connectivity index (χ0n) is 32.4. The van der Waals surface area contributed by atoms with Gasteiger partial charge in [-0.1, -0.05) is 75.0 Å². The Morgan fingerprint density at radius 3 is 1.44 bits per heavy atom. The molecule has 0 aromatic rings. The number of unbranched alkanes of at least 4 members (excludes halogenated alkanes) is 7. The zero-order chi connectivity index (χ0) is 38.3. The molecule has 4 fully saturated rings. The number of esters is 2. The summed E-state index contributed by atoms with van der Waals surface area (Å²) in [6, 6.07) is -0.303. The minimum Gasteiger partial charge on any atom is -0.455 e. The van der Waals surface area contributed by atoms with Gasteiger partial charge in [0.05, 0.1) is 11.2 Å². The molecule has 0 saturated carbocycles. The summed E-state index contributed by atoms with van der Waals surface area (Å²) in [5.41, 5.74) is 2.87. The van der Waals surface area contributed by atoms with Crippen LogP contribution in [0.25, 0.3) is 0 Å². The number of epoxide rings is 2. The van der Waals surface area contributed by atoms with Gasteiger partial charge >= 0.3 is 24.0 Å². The number of ether oxygens (including phenoxy) is 4. The van der Waals surface area contributed by atoms with Crippen molar-refractivity contribution >= 4 is 24.0 Å². The lowest BCUT2D eigenvalue weighted by Gasteiger charge is -2.20. The third kappa shape index (κ3) is 10.2. The fraction of sp³-hybridized carbons (Fsp3) is 0.714. The van der Waals surface area contributed by atoms with Gasteiger partial charge in [-0.3, -0.25) is 0 Å². The maximum atomic E-state index is 12.5. The van der Waals surface area contributed by atoms with E-state index in [2.05, 4.69) is 60.4 Å². The summed E-state index contributed by atoms with van der Waals surface area (Å²) in [5.74, 6) is -0.714. The Hall–Kier alpha value is -3.64. The van der Waals surface area contributed by atoms with Gasteiger partial charge in [0.1, 0.15) is 24.4 Å². The zero-order valence-corrected chi connectivity index (χ0v) is 32.4. The molecular formula is C42H62N4O8. The number of hydrogen-bond donors (Lipinski definition) is 4. The summed E-state index contributed by atoms with van der Waals surface area (Å²) in [6.45, 7) is 14.4. The number of rotatable bonds is 15. The van der Waals surface area contributed by atoms with Crippen LogP contribution >= 0.6 is 0 Å². The molecule has 0 spiro atoms. The van der Waals surface area contributed by atoms with Crippen molar-refractivity contribution in [3.8, 4) is 0 Å². The van der Waals surface area contributed by atoms with Crippen LogP contribution in [-0.4, -0.2) is 85.8 Å². The average Bonchev–Trinajstić information content (AvgIpc) is 3.96. The number of fused-ring (bicyclic) bond motifs is 6. The van der Waals surface area contributed by atoms with Gasteiger partial charge in [-0.05, 0) is 78.1 Å². The Morgan fingerprint density at radius 1 is 0.648 bits per heavy atom. The van der Waals surface area contributed by atoms with E-state index in [1.54, 1.807) is 0 Å². The van der Waals surface area contributed by atoms with E-state index in [4.69, 9.17) is 18.9 Å². The van der Waals surface area contributed by atoms with E-state index in [9.17, 15) is 19.2 Å². The minimum absolute atomic E-state index is 0.0450. The molecule has 6 aliphatic rings. The lowest BCUT2D eigenvalue weighted by molar-refractivity contribution is -0.140. The second-order valence-corrected chi connectivity index (χ2v) is 16.6. The van der Waals surface area contributed by atoms with Gasteiger partial charge in [0.2, 0.25) is 0 Å². The van der Waals surface area contributed by atoms with Crippen molar-refractivity contribution in [3.63, 3.8) is 0 Å². The van der Waals surface area contributed by atoms with E-state index in [-0.39, 0.29) is 71.5 Å². The Labute approximate surface area is 320 Å². The van der Waals surface area contributed by atoms with Crippen LogP contribution in [0.2, 0.25) is 0 Å². The van der Waals surface area contributed by atoms with Crippen molar-refractivity contribution in [1.82, 2.24) is 21.3 Å². The molecule has 4 amide bonds. The van der Waals surface area contributed by atoms with Crippen molar-refractivity contribution in [2.75, 3.05) is 26.2 Å². The van der Waals surface area contributed by atoms with Crippen molar-refractivity contribution in [1.29, 1.82) is 0 Å². The van der Waals surface area contributed by atoms with E-state index in [0.29, 0.717) is 37.3 Å². The van der Waals surface area contributed by atoms with Crippen LogP contribution in [0.4, 0.5) is 9.59 Å². The number of carbonyl (C=O) groups excluding carboxylic acids is 4. The fourth-order valence-corrected chi connectivity index (χ4v) is 8.79. The predicted octanol–water partition coefficient (Wildman–Crippen LogP) is 6.22. The number of hydrogen-bond acceptors (Lipinski definition) is 8. The molecule has 0 radical (unpaired) electrons. The average molecular weight is 751 g/mol. The molecule has 0 aromatic heterocycles. The molecule has 4 N–H and O–H groups in total. The lowest BCUT2D eigenvalue weighted by atomic mass is 9.84. The summed E-state index contributed by atoms with van der Waals surface area (Å²) in [7, 11) is 0. The first-order valence-corrected chi connectivity index (χ1v) is 20.5. The standard InChI is InChI=1S/C42H62N4O8/c1-27-31-19-17-29(15-13-21-41(3)35(53-41)33(31)51-37(27)47)25-45-39(49)43-23-11-9-7-5-6-8-10-12-24-44-40(50)46-26-30-16-14-22-42(4)36(54-42)34-32(20-18-30)28(2)38(48)52-34/h15-16,31-36H,1-2,5-14,17-26H2,3-4H3,(H2,43,45,49)(H2,44,46,50)/b29-15+,30-16+/t31-,32-,33-,34-,35-,36-,41+,42+/m0/s1. The first kappa shape index (κ1) is 40.0. The van der Waals surface area contributed by atoms with Crippen LogP contribution in [0.5, 0.6) is 0 Å². The summed E-state index contributed by atoms with van der Waals surface area (Å²) in [4.78, 5) is 49.4. The summed E-state index contributed by atoms with van der Waals surface area (Å²) in [6.07, 6.45) is 19.0. The number of allylic oxidation sites excluding steroid dienone is 2. The minimum atomic E-state index is -0.312. The summed E-state index contributed by atoms with van der Waals surface area (Å²) < 4.78 is 23.2. The van der Waals surface area contributed by atoms with Gasteiger partial charge in [0, 0.05) is 49.2 Å². The smallest absolute Gasteiger partial charge is 0.334 e. The Morgan fingerprint density at radius 2 is 1.04 bits per heavy atom. The van der Waals surface area contributed by atoms with Gasteiger partial charge in [-0.2, -0.15) is 0 Å². The number of amides is 4. The third-order valence-electron chi connectivity index (χ3n) is 12.5. The predicted molar refractivity (Wildman–Crippen MR) is 204 cm³/mol. The molecule has 12 heteroatoms. The van der Waals surface area contributed by atoms with Crippen molar-refractivity contribution in [3.05, 3.63) is 47.6 Å². The fourth-order valence-electron chi connectivity index (χ4n) is 8.79. The lowest BCUT2D eigenvalue weighted by Crippen LogP contribution is -2.37. The molecule has 4 saturated heterocycles. The number of nitrogens with one attached hydrogen (secondary N) is 4. The van der Waals surface area contributed by atoms with E-state index in [1.165, 1.54) is 12.8 Å². The number of carbonyl (C=O) groups is 4. The van der Waals surface area contributed by atoms with Gasteiger partial charge < -0.3 is 40.2 Å². The topological polar surface area (TPSA) is 160 Å². The van der Waals surface area contributed by atoms with E-state index in [0.717, 1.165) is 101 Å². The molecule has 2 aliphatic carbocycles. The van der Waals surface area contributed by atoms with Gasteiger partial charge in [-0.25, -0.2) is 19.2 Å². The molecular weight excluding hydrogens is 688 g/mol. The summed E-state index contributed by atoms with van der Waals surface area (Å²) >= 11 is 0. The Balaban J connectivity index is 0.751. The maximum absolute atomic E-state index is 12.5. The van der Waals surface area contributed by atoms with Crippen LogP contribution in [0.15, 0.2) is 47.6 Å². The van der Waals surface area contributed by atoms with Crippen LogP contribution < -0.4 is 21.3 Å². The van der Waals surface area contributed by atoms with Gasteiger partial charge in [-0.15, -0.1) is 0 Å². The molecule has 0 unspecified atom stereocenters. The second-order valence-electron chi connectivity index (χ2n) is 16.6. The molecule has 4 heterocycles. The molecule has 8 atom stereocenters. The quantitative estimate of drug-likeness (QED) is 0.0505. The Kier molecular flexibility index (Phi) is 13.3. The Bertz CT molecular complexity index is 1400. The van der Waals surface area contributed by atoms with Gasteiger partial charge in [0.15, 0.2) is 0 Å². The van der Waals surface area contributed by atoms with E-state index in [1.807, 2.05) is 0 Å². The number of urea groups is 2. The van der Waals surface area contributed by atoms with Gasteiger partial charge in [0.25, 0.3) is 0 Å². The molecule has 0 bridgehead atoms. The van der Waals surface area contributed by atoms with Crippen molar-refractivity contribution < 1.29 is 38.1 Å². The highest BCUT2D eigenvalue weighted by Gasteiger charge is 2.62. The van der Waals surface area contributed by atoms with Crippen LogP contribution in [-0.2, 0) is 28.5 Å². The SMILES string of the molecule is C=C1C(=O)O[C@H]2[C@H]1CC/C(CNC(=O)NCCCCCCCCCCNC(=O)NC/C1=C/CC[C@@]3(C)O[C@H]3[C@H]3OC(=O)C(=C)[C@@H]3CC1)=C\CC[C@@]1(C)O[C@@H]21. The molecule has 4 aliphatic heterocycles. The van der Waals surface area contributed by atoms with Crippen LogP contribution in [0.3, 0.4) is 0 Å². The van der Waals surface area contributed by atoms with Crippen molar-refractivity contribution in [2.24, 2.45) is 11.8 Å². The van der Waals surface area contributed by atoms with Crippen LogP contribution in [0, 0.1) is 11.8 Å². The monoisotopic (exact) mass is 750 g/mol. The highest BCUT2D eigenvalue weighted by Crippen LogP contribution is 2.51. The largest absolute Gasteiger partial charge is 0.455 e. The van der Waals surface area contributed by atoms with Crippen molar-refractivity contribution in [2.45, 2.75) is 152 Å². The van der Waals surface area contributed by atoms with Crippen LogP contribution in [0.1, 0.15) is 117 Å². The molecule has 298 valence electrons. The molecule has 0 aromatic carbocycles. The van der Waals surface area contributed by atoms with E-state index >= 15 is 0 Å². The first-order valence-electron chi connectivity index (χ1n) is 20.5. The second kappa shape index (κ2) is 17.9. The molecule has 6 rings (SSSR count).